The van der Waals surface area contributed by atoms with E-state index in [4.69, 9.17) is 24.4 Å². The van der Waals surface area contributed by atoms with Gasteiger partial charge < -0.3 is 13.3 Å². The van der Waals surface area contributed by atoms with Crippen LogP contribution in [-0.4, -0.2) is 27.9 Å². The van der Waals surface area contributed by atoms with Gasteiger partial charge in [0.2, 0.25) is 0 Å². The van der Waals surface area contributed by atoms with Gasteiger partial charge in [0.25, 0.3) is 0 Å². The van der Waals surface area contributed by atoms with E-state index in [1.165, 1.54) is 193 Å². The summed E-state index contributed by atoms with van der Waals surface area (Å²) >= 11 is 6.91. The Hall–Kier alpha value is 0.387. The average molecular weight is 662 g/mol. The lowest BCUT2D eigenvalue weighted by Gasteiger charge is -2.23. The molecule has 0 N–H and O–H groups in total. The topological polar surface area (TPSA) is 27.7 Å². The normalized spacial score (nSPS) is 12.0. The quantitative estimate of drug-likeness (QED) is 0.0373. The van der Waals surface area contributed by atoms with Crippen LogP contribution in [-0.2, 0) is 13.3 Å². The zero-order valence-corrected chi connectivity index (χ0v) is 32.3. The third-order valence-corrected chi connectivity index (χ3v) is 11.7. The highest BCUT2D eigenvalue weighted by molar-refractivity contribution is 7.09. The predicted octanol–water partition coefficient (Wildman–Crippen LogP) is 14.6. The van der Waals surface area contributed by atoms with Crippen LogP contribution in [0.25, 0.3) is 0 Å². The zero-order valence-electron chi connectivity index (χ0n) is 30.6. The highest BCUT2D eigenvalue weighted by atomic mass is 35.6. The first-order valence-corrected chi connectivity index (χ1v) is 23.0. The van der Waals surface area contributed by atoms with Gasteiger partial charge in [0, 0.05) is 19.8 Å². The first kappa shape index (κ1) is 44.4. The van der Waals surface area contributed by atoms with Gasteiger partial charge in [-0.2, -0.15) is 0 Å². The Morgan fingerprint density at radius 2 is 0.432 bits per heavy atom. The minimum absolute atomic E-state index is 0.670. The summed E-state index contributed by atoms with van der Waals surface area (Å²) in [5.41, 5.74) is 0. The lowest BCUT2D eigenvalue weighted by molar-refractivity contribution is 0.0767. The maximum absolute atomic E-state index is 6.91. The van der Waals surface area contributed by atoms with Gasteiger partial charge in [0.15, 0.2) is 0 Å². The van der Waals surface area contributed by atoms with Crippen LogP contribution in [0, 0.1) is 0 Å². The summed E-state index contributed by atoms with van der Waals surface area (Å²) < 4.78 is 18.5. The molecule has 266 valence electrons. The molecule has 0 aliphatic heterocycles. The fourth-order valence-electron chi connectivity index (χ4n) is 6.01. The van der Waals surface area contributed by atoms with E-state index in [0.717, 1.165) is 19.3 Å². The van der Waals surface area contributed by atoms with Gasteiger partial charge in [0.05, 0.1) is 0 Å². The molecular formula is C39H81ClO3Si. The molecule has 0 aromatic carbocycles. The molecule has 0 fully saturated rings. The van der Waals surface area contributed by atoms with E-state index in [0.29, 0.717) is 19.8 Å². The molecule has 0 radical (unpaired) electrons. The summed E-state index contributed by atoms with van der Waals surface area (Å²) in [5.74, 6) is 0. The number of hydrogen-bond acceptors (Lipinski definition) is 3. The molecule has 3 nitrogen and oxygen atoms in total. The summed E-state index contributed by atoms with van der Waals surface area (Å²) in [6.07, 6.45) is 44.1. The Kier molecular flexibility index (Phi) is 38.2. The standard InChI is InChI=1S/C39H81ClO3Si/c1-4-7-10-13-16-19-22-25-28-31-34-37-41-44(40,42-38-35-32-29-26-23-20-17-14-11-8-5-2)43-39-36-33-30-27-24-21-18-15-12-9-6-3/h4-39H2,1-3H3. The lowest BCUT2D eigenvalue weighted by atomic mass is 10.1. The second-order valence-corrected chi connectivity index (χ2v) is 16.9. The Morgan fingerprint density at radius 3 is 0.614 bits per heavy atom. The van der Waals surface area contributed by atoms with Crippen molar-refractivity contribution in [2.24, 2.45) is 0 Å². The summed E-state index contributed by atoms with van der Waals surface area (Å²) in [4.78, 5) is 0. The predicted molar refractivity (Wildman–Crippen MR) is 199 cm³/mol. The third kappa shape index (κ3) is 35.2. The van der Waals surface area contributed by atoms with Crippen LogP contribution in [0.5, 0.6) is 0 Å². The molecule has 0 atom stereocenters. The monoisotopic (exact) mass is 661 g/mol. The van der Waals surface area contributed by atoms with E-state index in [2.05, 4.69) is 20.8 Å². The maximum Gasteiger partial charge on any atom is 0.613 e. The van der Waals surface area contributed by atoms with Crippen molar-refractivity contribution in [2.75, 3.05) is 19.8 Å². The third-order valence-electron chi connectivity index (χ3n) is 9.07. The molecular weight excluding hydrogens is 580 g/mol. The van der Waals surface area contributed by atoms with Gasteiger partial charge in [-0.1, -0.05) is 224 Å². The second-order valence-electron chi connectivity index (χ2n) is 13.6. The zero-order chi connectivity index (χ0) is 32.1. The van der Waals surface area contributed by atoms with Crippen LogP contribution < -0.4 is 0 Å². The van der Waals surface area contributed by atoms with Crippen molar-refractivity contribution in [3.63, 3.8) is 0 Å². The summed E-state index contributed by atoms with van der Waals surface area (Å²) in [7, 11) is -3.07. The van der Waals surface area contributed by atoms with E-state index in [1.807, 2.05) is 0 Å². The van der Waals surface area contributed by atoms with Crippen LogP contribution in [0.4, 0.5) is 0 Å². The molecule has 44 heavy (non-hydrogen) atoms. The van der Waals surface area contributed by atoms with Crippen LogP contribution in [0.3, 0.4) is 0 Å². The minimum atomic E-state index is -3.07. The first-order valence-electron chi connectivity index (χ1n) is 20.3. The van der Waals surface area contributed by atoms with Gasteiger partial charge in [-0.15, -0.1) is 0 Å². The Labute approximate surface area is 284 Å². The van der Waals surface area contributed by atoms with E-state index >= 15 is 0 Å². The molecule has 0 rings (SSSR count). The van der Waals surface area contributed by atoms with E-state index in [1.54, 1.807) is 0 Å². The summed E-state index contributed by atoms with van der Waals surface area (Å²) in [6, 6.07) is 0. The van der Waals surface area contributed by atoms with Crippen molar-refractivity contribution < 1.29 is 13.3 Å². The van der Waals surface area contributed by atoms with Crippen molar-refractivity contribution in [2.45, 2.75) is 233 Å². The number of hydrogen-bond donors (Lipinski definition) is 0. The molecule has 0 aromatic rings. The van der Waals surface area contributed by atoms with E-state index < -0.39 is 8.11 Å². The van der Waals surface area contributed by atoms with Crippen molar-refractivity contribution in [1.29, 1.82) is 0 Å². The number of unbranched alkanes of at least 4 members (excludes halogenated alkanes) is 30. The average Bonchev–Trinajstić information content (AvgIpc) is 3.02. The van der Waals surface area contributed by atoms with Crippen molar-refractivity contribution in [1.82, 2.24) is 0 Å². The van der Waals surface area contributed by atoms with Crippen molar-refractivity contribution in [3.8, 4) is 0 Å². The number of halogens is 1. The maximum atomic E-state index is 6.91. The fraction of sp³-hybridized carbons (Fsp3) is 1.00. The van der Waals surface area contributed by atoms with Gasteiger partial charge in [-0.3, -0.25) is 0 Å². The molecule has 0 amide bonds. The van der Waals surface area contributed by atoms with E-state index in [-0.39, 0.29) is 0 Å². The largest absolute Gasteiger partial charge is 0.613 e. The van der Waals surface area contributed by atoms with Crippen LogP contribution in [0.2, 0.25) is 0 Å². The second kappa shape index (κ2) is 37.8. The minimum Gasteiger partial charge on any atom is -0.362 e. The highest BCUT2D eigenvalue weighted by Gasteiger charge is 2.39. The molecule has 0 heterocycles. The molecule has 0 spiro atoms. The van der Waals surface area contributed by atoms with Crippen LogP contribution in [0.15, 0.2) is 0 Å². The molecule has 0 saturated heterocycles. The van der Waals surface area contributed by atoms with Crippen molar-refractivity contribution >= 4 is 19.2 Å². The highest BCUT2D eigenvalue weighted by Crippen LogP contribution is 2.20. The Bertz CT molecular complexity index is 452. The van der Waals surface area contributed by atoms with Gasteiger partial charge in [-0.05, 0) is 19.3 Å². The Balaban J connectivity index is 4.06. The van der Waals surface area contributed by atoms with Gasteiger partial charge >= 0.3 is 8.11 Å². The van der Waals surface area contributed by atoms with Crippen molar-refractivity contribution in [3.05, 3.63) is 0 Å². The first-order chi connectivity index (χ1) is 21.7. The molecule has 5 heteroatoms. The molecule has 0 aromatic heterocycles. The fourth-order valence-corrected chi connectivity index (χ4v) is 8.11. The molecule has 0 saturated carbocycles. The smallest absolute Gasteiger partial charge is 0.362 e. The van der Waals surface area contributed by atoms with Gasteiger partial charge in [-0.25, -0.2) is 0 Å². The van der Waals surface area contributed by atoms with E-state index in [9.17, 15) is 0 Å². The van der Waals surface area contributed by atoms with Crippen LogP contribution >= 0.6 is 11.1 Å². The van der Waals surface area contributed by atoms with Crippen LogP contribution in [0.1, 0.15) is 233 Å². The molecule has 0 aliphatic rings. The molecule has 0 aliphatic carbocycles. The number of rotatable bonds is 39. The summed E-state index contributed by atoms with van der Waals surface area (Å²) in [5, 5.41) is 0. The summed E-state index contributed by atoms with van der Waals surface area (Å²) in [6.45, 7) is 8.88. The Morgan fingerprint density at radius 1 is 0.273 bits per heavy atom. The SMILES string of the molecule is CCCCCCCCCCCCCO[Si](Cl)(OCCCCCCCCCCCCC)OCCCCCCCCCCCCC. The lowest BCUT2D eigenvalue weighted by Crippen LogP contribution is -2.41. The molecule has 0 unspecified atom stereocenters. The molecule has 0 bridgehead atoms. The van der Waals surface area contributed by atoms with Gasteiger partial charge in [0.1, 0.15) is 0 Å².